The van der Waals surface area contributed by atoms with Crippen LogP contribution in [0.25, 0.3) is 0 Å². The normalized spacial score (nSPS) is 11.5. The fraction of sp³-hybridized carbons (Fsp3) is 0.182. The van der Waals surface area contributed by atoms with E-state index in [0.717, 1.165) is 11.1 Å². The summed E-state index contributed by atoms with van der Waals surface area (Å²) >= 11 is 0. The van der Waals surface area contributed by atoms with Crippen LogP contribution in [0.5, 0.6) is 0 Å². The van der Waals surface area contributed by atoms with Crippen molar-refractivity contribution in [2.45, 2.75) is 26.8 Å². The maximum atomic E-state index is 12.4. The second-order valence-electron chi connectivity index (χ2n) is 6.28. The average Bonchev–Trinajstić information content (AvgIpc) is 2.61. The molecule has 0 aliphatic heterocycles. The Bertz CT molecular complexity index is 936. The molecule has 126 valence electrons. The Hall–Kier alpha value is -2.94. The van der Waals surface area contributed by atoms with E-state index >= 15 is 0 Å². The molecule has 0 fully saturated rings. The van der Waals surface area contributed by atoms with Gasteiger partial charge in [-0.15, -0.1) is 0 Å². The summed E-state index contributed by atoms with van der Waals surface area (Å²) in [5.74, 6) is -0.127. The Balaban J connectivity index is 1.84. The molecule has 0 atom stereocenters. The van der Waals surface area contributed by atoms with Crippen molar-refractivity contribution in [2.75, 3.05) is 0 Å². The van der Waals surface area contributed by atoms with Crippen LogP contribution in [0.2, 0.25) is 0 Å². The van der Waals surface area contributed by atoms with Gasteiger partial charge >= 0.3 is 0 Å². The first-order chi connectivity index (χ1) is 12.1. The average molecular weight is 330 g/mol. The van der Waals surface area contributed by atoms with Crippen molar-refractivity contribution >= 4 is 5.91 Å². The van der Waals surface area contributed by atoms with Crippen LogP contribution in [0.15, 0.2) is 77.9 Å². The zero-order chi connectivity index (χ0) is 17.6. The number of hydrogen-bond acceptors (Lipinski definition) is 1. The van der Waals surface area contributed by atoms with Crippen LogP contribution in [0.4, 0.5) is 0 Å². The number of nitrogens with zero attached hydrogens (tertiary/aromatic N) is 2. The number of rotatable bonds is 4. The van der Waals surface area contributed by atoms with Gasteiger partial charge in [0.15, 0.2) is 0 Å². The quantitative estimate of drug-likeness (QED) is 0.716. The summed E-state index contributed by atoms with van der Waals surface area (Å²) in [6.45, 7) is 4.78. The highest BCUT2D eigenvalue weighted by atomic mass is 16.1. The van der Waals surface area contributed by atoms with Gasteiger partial charge in [-0.1, -0.05) is 60.2 Å². The first-order valence-corrected chi connectivity index (χ1v) is 8.45. The van der Waals surface area contributed by atoms with E-state index < -0.39 is 0 Å². The van der Waals surface area contributed by atoms with Crippen molar-refractivity contribution in [3.05, 3.63) is 101 Å². The largest absolute Gasteiger partial charge is 0.328 e. The van der Waals surface area contributed by atoms with Crippen LogP contribution >= 0.6 is 0 Å². The van der Waals surface area contributed by atoms with Gasteiger partial charge in [-0.2, -0.15) is 4.99 Å². The van der Waals surface area contributed by atoms with Gasteiger partial charge in [0.1, 0.15) is 5.49 Å². The lowest BCUT2D eigenvalue weighted by Gasteiger charge is -2.08. The Morgan fingerprint density at radius 2 is 1.64 bits per heavy atom. The molecular weight excluding hydrogens is 308 g/mol. The van der Waals surface area contributed by atoms with E-state index in [1.54, 1.807) is 0 Å². The number of aromatic nitrogens is 1. The highest BCUT2D eigenvalue weighted by Crippen LogP contribution is 2.08. The third-order valence-electron chi connectivity index (χ3n) is 4.23. The van der Waals surface area contributed by atoms with Crippen LogP contribution in [0.3, 0.4) is 0 Å². The van der Waals surface area contributed by atoms with Crippen LogP contribution in [-0.2, 0) is 17.8 Å². The Morgan fingerprint density at radius 1 is 0.920 bits per heavy atom. The predicted octanol–water partition coefficient (Wildman–Crippen LogP) is 3.82. The second kappa shape index (κ2) is 7.75. The monoisotopic (exact) mass is 330 g/mol. The van der Waals surface area contributed by atoms with Gasteiger partial charge in [0.2, 0.25) is 0 Å². The summed E-state index contributed by atoms with van der Waals surface area (Å²) < 4.78 is 2.00. The third-order valence-corrected chi connectivity index (χ3v) is 4.23. The molecule has 3 aromatic rings. The van der Waals surface area contributed by atoms with Crippen molar-refractivity contribution in [3.8, 4) is 0 Å². The van der Waals surface area contributed by atoms with E-state index in [9.17, 15) is 4.79 Å². The molecule has 0 aliphatic carbocycles. The predicted molar refractivity (Wildman–Crippen MR) is 100 cm³/mol. The van der Waals surface area contributed by atoms with Gasteiger partial charge < -0.3 is 4.57 Å². The van der Waals surface area contributed by atoms with Gasteiger partial charge in [0, 0.05) is 12.7 Å². The minimum Gasteiger partial charge on any atom is -0.328 e. The molecule has 0 saturated carbocycles. The molecule has 1 aromatic heterocycles. The van der Waals surface area contributed by atoms with Gasteiger partial charge in [-0.25, -0.2) is 0 Å². The van der Waals surface area contributed by atoms with E-state index in [2.05, 4.69) is 36.2 Å². The zero-order valence-corrected chi connectivity index (χ0v) is 14.6. The summed E-state index contributed by atoms with van der Waals surface area (Å²) in [6.07, 6.45) is 2.28. The molecule has 1 heterocycles. The molecule has 3 nitrogen and oxygen atoms in total. The molecular formula is C22H22N2O. The molecule has 0 saturated heterocycles. The topological polar surface area (TPSA) is 34.4 Å². The lowest BCUT2D eigenvalue weighted by molar-refractivity contribution is -0.117. The summed E-state index contributed by atoms with van der Waals surface area (Å²) in [7, 11) is 0. The molecule has 0 radical (unpaired) electrons. The minimum atomic E-state index is -0.127. The lowest BCUT2D eigenvalue weighted by atomic mass is 10.1. The summed E-state index contributed by atoms with van der Waals surface area (Å²) in [6, 6.07) is 22.1. The summed E-state index contributed by atoms with van der Waals surface area (Å²) in [5.41, 5.74) is 5.25. The molecule has 0 unspecified atom stereocenters. The van der Waals surface area contributed by atoms with Crippen LogP contribution in [-0.4, -0.2) is 10.5 Å². The number of pyridine rings is 1. The summed E-state index contributed by atoms with van der Waals surface area (Å²) in [5, 5.41) is 0. The summed E-state index contributed by atoms with van der Waals surface area (Å²) in [4.78, 5) is 16.7. The molecule has 0 bridgehead atoms. The molecule has 3 heteroatoms. The van der Waals surface area contributed by atoms with Crippen molar-refractivity contribution in [1.29, 1.82) is 0 Å². The van der Waals surface area contributed by atoms with E-state index in [0.29, 0.717) is 18.5 Å². The number of amides is 1. The Labute approximate surface area is 148 Å². The molecule has 3 rings (SSSR count). The van der Waals surface area contributed by atoms with Crippen LogP contribution in [0, 0.1) is 13.8 Å². The minimum absolute atomic E-state index is 0.127. The van der Waals surface area contributed by atoms with Crippen LogP contribution < -0.4 is 5.49 Å². The van der Waals surface area contributed by atoms with E-state index in [-0.39, 0.29) is 5.91 Å². The second-order valence-corrected chi connectivity index (χ2v) is 6.28. The first kappa shape index (κ1) is 16.9. The highest BCUT2D eigenvalue weighted by molar-refractivity contribution is 5.79. The van der Waals surface area contributed by atoms with Gasteiger partial charge in [0.05, 0.1) is 6.42 Å². The maximum Gasteiger partial charge on any atom is 0.252 e. The number of carbonyl (C=O) groups is 1. The van der Waals surface area contributed by atoms with Gasteiger partial charge in [0.25, 0.3) is 5.91 Å². The van der Waals surface area contributed by atoms with Crippen molar-refractivity contribution in [3.63, 3.8) is 0 Å². The van der Waals surface area contributed by atoms with E-state index in [1.807, 2.05) is 60.2 Å². The molecule has 2 aromatic carbocycles. The third kappa shape index (κ3) is 4.54. The molecule has 1 amide bonds. The van der Waals surface area contributed by atoms with Gasteiger partial charge in [-0.05, 0) is 42.7 Å². The van der Waals surface area contributed by atoms with E-state index in [4.69, 9.17) is 0 Å². The molecule has 0 aliphatic rings. The molecule has 25 heavy (non-hydrogen) atoms. The number of carbonyl (C=O) groups excluding carboxylic acids is 1. The van der Waals surface area contributed by atoms with Gasteiger partial charge in [-0.3, -0.25) is 4.79 Å². The lowest BCUT2D eigenvalue weighted by Crippen LogP contribution is -2.22. The SMILES string of the molecule is Cc1ccc(Cn2ccccc2=NC(=O)Cc2ccccc2C)cc1. The van der Waals surface area contributed by atoms with Crippen molar-refractivity contribution in [2.24, 2.45) is 4.99 Å². The Morgan fingerprint density at radius 3 is 2.40 bits per heavy atom. The van der Waals surface area contributed by atoms with Crippen molar-refractivity contribution < 1.29 is 4.79 Å². The fourth-order valence-electron chi connectivity index (χ4n) is 2.73. The highest BCUT2D eigenvalue weighted by Gasteiger charge is 2.05. The van der Waals surface area contributed by atoms with E-state index in [1.165, 1.54) is 11.1 Å². The fourth-order valence-corrected chi connectivity index (χ4v) is 2.73. The smallest absolute Gasteiger partial charge is 0.252 e. The maximum absolute atomic E-state index is 12.4. The van der Waals surface area contributed by atoms with Crippen molar-refractivity contribution in [1.82, 2.24) is 4.57 Å². The molecule has 0 N–H and O–H groups in total. The number of benzene rings is 2. The van der Waals surface area contributed by atoms with Crippen LogP contribution in [0.1, 0.15) is 22.3 Å². The standard InChI is InChI=1S/C22H22N2O/c1-17-10-12-19(13-11-17)16-24-14-6-5-9-21(24)23-22(25)15-20-8-4-3-7-18(20)2/h3-14H,15-16H2,1-2H3. The Kier molecular flexibility index (Phi) is 5.24. The number of hydrogen-bond donors (Lipinski definition) is 0. The number of aryl methyl sites for hydroxylation is 2. The zero-order valence-electron chi connectivity index (χ0n) is 14.6. The molecule has 0 spiro atoms. The first-order valence-electron chi connectivity index (χ1n) is 8.45.